The van der Waals surface area contributed by atoms with E-state index in [4.69, 9.17) is 11.6 Å². The summed E-state index contributed by atoms with van der Waals surface area (Å²) in [4.78, 5) is 0. The Hall–Kier alpha value is -0.980. The molecule has 0 bridgehead atoms. The lowest BCUT2D eigenvalue weighted by Crippen LogP contribution is -2.21. The first kappa shape index (κ1) is 12.5. The van der Waals surface area contributed by atoms with Crippen molar-refractivity contribution in [2.24, 2.45) is 0 Å². The Bertz CT molecular complexity index is 485. The average molecular weight is 272 g/mol. The maximum atomic E-state index is 5.95. The van der Waals surface area contributed by atoms with Crippen LogP contribution < -0.4 is 5.32 Å². The van der Waals surface area contributed by atoms with Crippen LogP contribution >= 0.6 is 22.9 Å². The Kier molecular flexibility index (Phi) is 3.76. The Labute approximate surface area is 109 Å². The van der Waals surface area contributed by atoms with Crippen LogP contribution in [-0.4, -0.2) is 26.0 Å². The Morgan fingerprint density at radius 3 is 2.82 bits per heavy atom. The van der Waals surface area contributed by atoms with E-state index in [1.807, 2.05) is 6.92 Å². The minimum atomic E-state index is 0.434. The van der Waals surface area contributed by atoms with Crippen molar-refractivity contribution in [1.82, 2.24) is 25.3 Å². The van der Waals surface area contributed by atoms with E-state index < -0.39 is 0 Å². The topological polar surface area (TPSA) is 55.6 Å². The van der Waals surface area contributed by atoms with Gasteiger partial charge in [-0.1, -0.05) is 36.8 Å². The summed E-state index contributed by atoms with van der Waals surface area (Å²) in [6.07, 6.45) is 1.75. The highest BCUT2D eigenvalue weighted by molar-refractivity contribution is 7.13. The standard InChI is InChI=1S/C10H14ClN5S/c1-6(2)12-4-9-13-14-10(17-9)16-5-8(11)7(3)15-16/h5-6,12H,4H2,1-3H3. The first-order valence-corrected chi connectivity index (χ1v) is 6.53. The molecule has 0 aliphatic carbocycles. The van der Waals surface area contributed by atoms with Crippen LogP contribution in [0.15, 0.2) is 6.20 Å². The van der Waals surface area contributed by atoms with Crippen molar-refractivity contribution < 1.29 is 0 Å². The molecular weight excluding hydrogens is 258 g/mol. The van der Waals surface area contributed by atoms with Gasteiger partial charge in [-0.15, -0.1) is 10.2 Å². The summed E-state index contributed by atoms with van der Waals surface area (Å²) < 4.78 is 1.66. The number of hydrogen-bond donors (Lipinski definition) is 1. The molecule has 0 aromatic carbocycles. The number of aryl methyl sites for hydroxylation is 1. The molecule has 0 aliphatic heterocycles. The molecule has 0 radical (unpaired) electrons. The van der Waals surface area contributed by atoms with Gasteiger partial charge in [0.15, 0.2) is 0 Å². The van der Waals surface area contributed by atoms with Crippen LogP contribution in [-0.2, 0) is 6.54 Å². The molecule has 92 valence electrons. The molecule has 0 atom stereocenters. The molecule has 0 saturated heterocycles. The van der Waals surface area contributed by atoms with Gasteiger partial charge in [-0.25, -0.2) is 4.68 Å². The molecule has 0 aliphatic rings. The van der Waals surface area contributed by atoms with Crippen molar-refractivity contribution in [3.8, 4) is 5.13 Å². The molecule has 0 spiro atoms. The van der Waals surface area contributed by atoms with Crippen molar-refractivity contribution in [1.29, 1.82) is 0 Å². The van der Waals surface area contributed by atoms with E-state index in [1.165, 1.54) is 11.3 Å². The third-order valence-corrected chi connectivity index (χ3v) is 3.44. The smallest absolute Gasteiger partial charge is 0.232 e. The minimum Gasteiger partial charge on any atom is -0.308 e. The van der Waals surface area contributed by atoms with E-state index >= 15 is 0 Å². The molecule has 7 heteroatoms. The fraction of sp³-hybridized carbons (Fsp3) is 0.500. The van der Waals surface area contributed by atoms with E-state index in [2.05, 4.69) is 34.5 Å². The summed E-state index contributed by atoms with van der Waals surface area (Å²) in [5.74, 6) is 0. The maximum absolute atomic E-state index is 5.95. The van der Waals surface area contributed by atoms with Crippen LogP contribution in [0.1, 0.15) is 24.5 Å². The molecule has 2 heterocycles. The summed E-state index contributed by atoms with van der Waals surface area (Å²) >= 11 is 7.46. The summed E-state index contributed by atoms with van der Waals surface area (Å²) in [6, 6.07) is 0.434. The minimum absolute atomic E-state index is 0.434. The van der Waals surface area contributed by atoms with Gasteiger partial charge >= 0.3 is 0 Å². The van der Waals surface area contributed by atoms with Gasteiger partial charge in [-0.2, -0.15) is 5.10 Å². The molecule has 0 saturated carbocycles. The van der Waals surface area contributed by atoms with Crippen molar-refractivity contribution in [2.45, 2.75) is 33.4 Å². The quantitative estimate of drug-likeness (QED) is 0.926. The van der Waals surface area contributed by atoms with Gasteiger partial charge in [0, 0.05) is 12.6 Å². The largest absolute Gasteiger partial charge is 0.308 e. The lowest BCUT2D eigenvalue weighted by Gasteiger charge is -2.03. The van der Waals surface area contributed by atoms with Gasteiger partial charge in [-0.3, -0.25) is 0 Å². The third kappa shape index (κ3) is 3.02. The number of nitrogens with one attached hydrogen (secondary N) is 1. The summed E-state index contributed by atoms with van der Waals surface area (Å²) in [5, 5.41) is 18.1. The third-order valence-electron chi connectivity index (χ3n) is 2.15. The molecule has 2 rings (SSSR count). The summed E-state index contributed by atoms with van der Waals surface area (Å²) in [5.41, 5.74) is 0.795. The molecule has 5 nitrogen and oxygen atoms in total. The van der Waals surface area contributed by atoms with Crippen LogP contribution in [0.4, 0.5) is 0 Å². The van der Waals surface area contributed by atoms with Crippen molar-refractivity contribution in [2.75, 3.05) is 0 Å². The van der Waals surface area contributed by atoms with E-state index in [9.17, 15) is 0 Å². The number of hydrogen-bond acceptors (Lipinski definition) is 5. The van der Waals surface area contributed by atoms with E-state index in [0.29, 0.717) is 11.1 Å². The van der Waals surface area contributed by atoms with Gasteiger partial charge in [-0.05, 0) is 6.92 Å². The predicted molar refractivity (Wildman–Crippen MR) is 68.8 cm³/mol. The van der Waals surface area contributed by atoms with Crippen LogP contribution in [0.3, 0.4) is 0 Å². The fourth-order valence-electron chi connectivity index (χ4n) is 1.24. The Morgan fingerprint density at radius 2 is 2.24 bits per heavy atom. The Balaban J connectivity index is 2.12. The zero-order valence-corrected chi connectivity index (χ0v) is 11.5. The highest BCUT2D eigenvalue weighted by Gasteiger charge is 2.09. The SMILES string of the molecule is Cc1nn(-c2nnc(CNC(C)C)s2)cc1Cl. The second-order valence-electron chi connectivity index (χ2n) is 4.02. The van der Waals surface area contributed by atoms with Crippen LogP contribution in [0.2, 0.25) is 5.02 Å². The molecule has 17 heavy (non-hydrogen) atoms. The summed E-state index contributed by atoms with van der Waals surface area (Å²) in [6.45, 7) is 6.78. The first-order valence-electron chi connectivity index (χ1n) is 5.34. The first-order chi connectivity index (χ1) is 8.06. The van der Waals surface area contributed by atoms with E-state index in [1.54, 1.807) is 10.9 Å². The number of nitrogens with zero attached hydrogens (tertiary/aromatic N) is 4. The molecule has 0 unspecified atom stereocenters. The Morgan fingerprint density at radius 1 is 1.47 bits per heavy atom. The van der Waals surface area contributed by atoms with Gasteiger partial charge < -0.3 is 5.32 Å². The predicted octanol–water partition coefficient (Wildman–Crippen LogP) is 2.18. The summed E-state index contributed by atoms with van der Waals surface area (Å²) in [7, 11) is 0. The zero-order chi connectivity index (χ0) is 12.4. The van der Waals surface area contributed by atoms with Crippen LogP contribution in [0.5, 0.6) is 0 Å². The normalized spacial score (nSPS) is 11.4. The molecule has 1 N–H and O–H groups in total. The molecule has 2 aromatic rings. The highest BCUT2D eigenvalue weighted by Crippen LogP contribution is 2.19. The van der Waals surface area contributed by atoms with Crippen molar-refractivity contribution >= 4 is 22.9 Å². The lowest BCUT2D eigenvalue weighted by atomic mass is 10.4. The molecule has 0 fully saturated rings. The van der Waals surface area contributed by atoms with Gasteiger partial charge in [0.05, 0.1) is 16.9 Å². The van der Waals surface area contributed by atoms with Crippen molar-refractivity contribution in [3.63, 3.8) is 0 Å². The zero-order valence-electron chi connectivity index (χ0n) is 9.94. The van der Waals surface area contributed by atoms with Gasteiger partial charge in [0.2, 0.25) is 5.13 Å². The monoisotopic (exact) mass is 271 g/mol. The maximum Gasteiger partial charge on any atom is 0.232 e. The molecule has 0 amide bonds. The van der Waals surface area contributed by atoms with Crippen molar-refractivity contribution in [3.05, 3.63) is 21.9 Å². The van der Waals surface area contributed by atoms with Gasteiger partial charge in [0.1, 0.15) is 5.01 Å². The molecule has 2 aromatic heterocycles. The number of aromatic nitrogens is 4. The fourth-order valence-corrected chi connectivity index (χ4v) is 2.08. The number of rotatable bonds is 4. The second-order valence-corrected chi connectivity index (χ2v) is 5.47. The lowest BCUT2D eigenvalue weighted by molar-refractivity contribution is 0.584. The second kappa shape index (κ2) is 5.12. The van der Waals surface area contributed by atoms with Gasteiger partial charge in [0.25, 0.3) is 0 Å². The highest BCUT2D eigenvalue weighted by atomic mass is 35.5. The molecular formula is C10H14ClN5S. The number of halogens is 1. The van der Waals surface area contributed by atoms with Crippen LogP contribution in [0.25, 0.3) is 5.13 Å². The average Bonchev–Trinajstić information content (AvgIpc) is 2.84. The van der Waals surface area contributed by atoms with E-state index in [0.717, 1.165) is 22.4 Å². The van der Waals surface area contributed by atoms with Crippen LogP contribution in [0, 0.1) is 6.92 Å². The van der Waals surface area contributed by atoms with E-state index in [-0.39, 0.29) is 0 Å².